The lowest BCUT2D eigenvalue weighted by atomic mass is 9.44. The molecule has 0 saturated heterocycles. The third-order valence-electron chi connectivity index (χ3n) is 13.5. The number of unbranched alkanes of at least 4 members (excludes halogenated alkanes) is 5. The fourth-order valence-electron chi connectivity index (χ4n) is 11.0. The first-order chi connectivity index (χ1) is 20.2. The van der Waals surface area contributed by atoms with Gasteiger partial charge in [0.05, 0.1) is 12.7 Å². The molecule has 0 radical (unpaired) electrons. The Kier molecular flexibility index (Phi) is 13.1. The Morgan fingerprint density at radius 3 is 2.31 bits per heavy atom. The number of hydrogen-bond donors (Lipinski definition) is 2. The molecule has 4 nitrogen and oxygen atoms in total. The first-order valence-electron chi connectivity index (χ1n) is 18.8. The molecule has 4 aliphatic carbocycles. The van der Waals surface area contributed by atoms with Crippen LogP contribution in [0.5, 0.6) is 0 Å². The zero-order valence-corrected chi connectivity index (χ0v) is 28.6. The van der Waals surface area contributed by atoms with E-state index >= 15 is 0 Å². The Bertz CT molecular complexity index is 815. The van der Waals surface area contributed by atoms with Crippen molar-refractivity contribution in [3.8, 4) is 0 Å². The van der Waals surface area contributed by atoms with E-state index in [2.05, 4.69) is 39.9 Å². The van der Waals surface area contributed by atoms with E-state index < -0.39 is 0 Å². The maximum Gasteiger partial charge on any atom is 0.222 e. The van der Waals surface area contributed by atoms with Gasteiger partial charge in [0.25, 0.3) is 0 Å². The zero-order chi connectivity index (χ0) is 30.2. The van der Waals surface area contributed by atoms with Crippen LogP contribution in [-0.4, -0.2) is 31.7 Å². The van der Waals surface area contributed by atoms with Crippen molar-refractivity contribution in [2.24, 2.45) is 58.0 Å². The monoisotopic (exact) mass is 587 g/mol. The van der Waals surface area contributed by atoms with Crippen LogP contribution in [0.25, 0.3) is 0 Å². The van der Waals surface area contributed by atoms with Crippen molar-refractivity contribution in [1.82, 2.24) is 5.32 Å². The minimum atomic E-state index is 0.161. The van der Waals surface area contributed by atoms with E-state index in [1.807, 2.05) is 0 Å². The lowest BCUT2D eigenvalue weighted by Gasteiger charge is -2.61. The smallest absolute Gasteiger partial charge is 0.222 e. The third kappa shape index (κ3) is 8.35. The molecule has 4 fully saturated rings. The number of nitrogens with one attached hydrogen (secondary N) is 1. The molecule has 0 heterocycles. The number of amides is 1. The van der Waals surface area contributed by atoms with E-state index in [0.29, 0.717) is 30.0 Å². The van der Waals surface area contributed by atoms with Crippen molar-refractivity contribution in [3.05, 3.63) is 0 Å². The van der Waals surface area contributed by atoms with Crippen molar-refractivity contribution in [1.29, 1.82) is 0 Å². The molecule has 0 unspecified atom stereocenters. The minimum absolute atomic E-state index is 0.161. The molecule has 9 atom stereocenters. The highest BCUT2D eigenvalue weighted by molar-refractivity contribution is 5.75. The molecule has 4 heteroatoms. The van der Waals surface area contributed by atoms with Gasteiger partial charge in [-0.15, -0.1) is 0 Å². The highest BCUT2D eigenvalue weighted by Crippen LogP contribution is 2.68. The number of nitrogens with two attached hydrogens (primary N) is 1. The maximum atomic E-state index is 12.4. The summed E-state index contributed by atoms with van der Waals surface area (Å²) < 4.78 is 6.37. The molecule has 3 N–H and O–H groups in total. The molecule has 4 rings (SSSR count). The van der Waals surface area contributed by atoms with Gasteiger partial charge < -0.3 is 15.8 Å². The maximum absolute atomic E-state index is 12.4. The predicted molar refractivity (Wildman–Crippen MR) is 177 cm³/mol. The highest BCUT2D eigenvalue weighted by atomic mass is 16.5. The molecule has 244 valence electrons. The predicted octanol–water partition coefficient (Wildman–Crippen LogP) is 9.30. The van der Waals surface area contributed by atoms with Crippen molar-refractivity contribution in [3.63, 3.8) is 0 Å². The van der Waals surface area contributed by atoms with Gasteiger partial charge in [0.1, 0.15) is 0 Å². The Balaban J connectivity index is 1.18. The van der Waals surface area contributed by atoms with Gasteiger partial charge >= 0.3 is 0 Å². The van der Waals surface area contributed by atoms with Crippen LogP contribution in [0.15, 0.2) is 0 Å². The fraction of sp³-hybridized carbons (Fsp3) is 0.974. The molecule has 0 aliphatic heterocycles. The summed E-state index contributed by atoms with van der Waals surface area (Å²) in [7, 11) is 0. The Morgan fingerprint density at radius 1 is 0.833 bits per heavy atom. The van der Waals surface area contributed by atoms with Gasteiger partial charge in [-0.2, -0.15) is 0 Å². The zero-order valence-electron chi connectivity index (χ0n) is 28.6. The van der Waals surface area contributed by atoms with Crippen molar-refractivity contribution < 1.29 is 9.53 Å². The second-order valence-electron chi connectivity index (χ2n) is 16.5. The summed E-state index contributed by atoms with van der Waals surface area (Å²) in [6.45, 7) is 15.0. The molecule has 1 amide bonds. The molecule has 0 aromatic rings. The van der Waals surface area contributed by atoms with Crippen molar-refractivity contribution in [2.75, 3.05) is 19.7 Å². The van der Waals surface area contributed by atoms with Crippen LogP contribution in [0, 0.1) is 52.3 Å². The van der Waals surface area contributed by atoms with Gasteiger partial charge in [0.15, 0.2) is 0 Å². The number of ether oxygens (including phenoxy) is 1. The molecule has 0 aromatic heterocycles. The topological polar surface area (TPSA) is 64.3 Å². The van der Waals surface area contributed by atoms with Crippen LogP contribution in [0.4, 0.5) is 0 Å². The van der Waals surface area contributed by atoms with Crippen LogP contribution >= 0.6 is 0 Å². The van der Waals surface area contributed by atoms with Gasteiger partial charge in [0, 0.05) is 13.0 Å². The molecule has 4 saturated carbocycles. The number of hydrogen-bond acceptors (Lipinski definition) is 3. The summed E-state index contributed by atoms with van der Waals surface area (Å²) in [6, 6.07) is 0. The average molecular weight is 587 g/mol. The minimum Gasteiger partial charge on any atom is -0.378 e. The summed E-state index contributed by atoms with van der Waals surface area (Å²) in [5.74, 6) is 6.53. The standard InChI is InChI=1S/C38H70N2O2/c1-28(2)13-12-14-29(3)33-17-18-34-32-16-15-30-27-31(19-22-37(30,4)35(32)20-23-38(33,34)5)42-26-21-36(41)40-25-11-9-7-6-8-10-24-39/h28-35H,6-27,39H2,1-5H3,(H,40,41)/t29-,30+,31+,32+,33-,34+,35+,37+,38-/m1/s1. The Morgan fingerprint density at radius 2 is 1.55 bits per heavy atom. The molecule has 0 bridgehead atoms. The van der Waals surface area contributed by atoms with Gasteiger partial charge in [-0.3, -0.25) is 4.79 Å². The average Bonchev–Trinajstić information content (AvgIpc) is 3.31. The van der Waals surface area contributed by atoms with E-state index in [4.69, 9.17) is 10.5 Å². The number of fused-ring (bicyclic) bond motifs is 5. The van der Waals surface area contributed by atoms with Crippen molar-refractivity contribution in [2.45, 2.75) is 163 Å². The van der Waals surface area contributed by atoms with Gasteiger partial charge in [-0.1, -0.05) is 79.6 Å². The summed E-state index contributed by atoms with van der Waals surface area (Å²) in [6.07, 6.45) is 24.9. The quantitative estimate of drug-likeness (QED) is 0.167. The normalized spacial score (nSPS) is 36.7. The van der Waals surface area contributed by atoms with E-state index in [1.165, 1.54) is 103 Å². The van der Waals surface area contributed by atoms with Crippen LogP contribution in [0.2, 0.25) is 0 Å². The largest absolute Gasteiger partial charge is 0.378 e. The molecule has 0 aromatic carbocycles. The molecular weight excluding hydrogens is 516 g/mol. The van der Waals surface area contributed by atoms with Crippen LogP contribution in [0.3, 0.4) is 0 Å². The second-order valence-corrected chi connectivity index (χ2v) is 16.5. The first kappa shape index (κ1) is 34.3. The van der Waals surface area contributed by atoms with Crippen molar-refractivity contribution >= 4 is 5.91 Å². The lowest BCUT2D eigenvalue weighted by Crippen LogP contribution is -2.54. The molecule has 4 aliphatic rings. The molecule has 42 heavy (non-hydrogen) atoms. The SMILES string of the molecule is CC(C)CCC[C@@H](C)[C@H]1CC[C@H]2[C@@H]3CC[C@H]4C[C@@H](OCCC(=O)NCCCCCCCCN)CC[C@]4(C)[C@H]3CC[C@]12C. The van der Waals surface area contributed by atoms with Gasteiger partial charge in [-0.05, 0) is 129 Å². The number of carbonyl (C=O) groups excluding carboxylic acids is 1. The number of carbonyl (C=O) groups is 1. The van der Waals surface area contributed by atoms with E-state index in [-0.39, 0.29) is 5.91 Å². The number of rotatable bonds is 17. The highest BCUT2D eigenvalue weighted by Gasteiger charge is 2.60. The van der Waals surface area contributed by atoms with Gasteiger partial charge in [-0.25, -0.2) is 0 Å². The summed E-state index contributed by atoms with van der Waals surface area (Å²) >= 11 is 0. The lowest BCUT2D eigenvalue weighted by molar-refractivity contribution is -0.138. The van der Waals surface area contributed by atoms with E-state index in [0.717, 1.165) is 67.4 Å². The van der Waals surface area contributed by atoms with Gasteiger partial charge in [0.2, 0.25) is 5.91 Å². The molecular formula is C38H70N2O2. The van der Waals surface area contributed by atoms with E-state index in [1.54, 1.807) is 0 Å². The van der Waals surface area contributed by atoms with Crippen LogP contribution < -0.4 is 11.1 Å². The summed E-state index contributed by atoms with van der Waals surface area (Å²) in [4.78, 5) is 12.4. The summed E-state index contributed by atoms with van der Waals surface area (Å²) in [5, 5.41) is 3.11. The third-order valence-corrected chi connectivity index (χ3v) is 13.5. The van der Waals surface area contributed by atoms with Crippen LogP contribution in [0.1, 0.15) is 157 Å². The van der Waals surface area contributed by atoms with Crippen LogP contribution in [-0.2, 0) is 9.53 Å². The Hall–Kier alpha value is -0.610. The second kappa shape index (κ2) is 16.1. The fourth-order valence-corrected chi connectivity index (χ4v) is 11.0. The Labute approximate surface area is 260 Å². The van der Waals surface area contributed by atoms with E-state index in [9.17, 15) is 4.79 Å². The first-order valence-corrected chi connectivity index (χ1v) is 18.8. The molecule has 0 spiro atoms. The summed E-state index contributed by atoms with van der Waals surface area (Å²) in [5.41, 5.74) is 6.66.